The van der Waals surface area contributed by atoms with Crippen molar-refractivity contribution >= 4 is 50.8 Å². The fraction of sp³-hybridized carbons (Fsp3) is 0.222. The number of amides is 1. The summed E-state index contributed by atoms with van der Waals surface area (Å²) >= 11 is 14.5. The average molecular weight is 457 g/mol. The van der Waals surface area contributed by atoms with E-state index in [0.29, 0.717) is 22.4 Å². The first-order valence-corrected chi connectivity index (χ1v) is 9.53. The number of carbonyl (C=O) groups is 1. The highest BCUT2D eigenvalue weighted by molar-refractivity contribution is 9.10. The summed E-state index contributed by atoms with van der Waals surface area (Å²) in [5.74, 6) is 0.0669. The van der Waals surface area contributed by atoms with E-state index in [1.165, 1.54) is 5.56 Å². The van der Waals surface area contributed by atoms with E-state index in [9.17, 15) is 4.79 Å². The minimum atomic E-state index is -0.742. The van der Waals surface area contributed by atoms with E-state index in [-0.39, 0.29) is 5.91 Å². The zero-order chi connectivity index (χ0) is 18.9. The molecule has 0 saturated heterocycles. The van der Waals surface area contributed by atoms with Crippen molar-refractivity contribution in [1.29, 1.82) is 0 Å². The number of thiocarbonyl (C=S) groups is 1. The SMILES string of the molecule is C[C@@H](Oc1ccc(Br)cc1Cl)C(=O)NNC(=S)NCCc1ccccc1. The number of hydrogen-bond acceptors (Lipinski definition) is 3. The summed E-state index contributed by atoms with van der Waals surface area (Å²) in [6.45, 7) is 2.29. The molecule has 0 aromatic heterocycles. The van der Waals surface area contributed by atoms with Crippen LogP contribution in [0.1, 0.15) is 12.5 Å². The van der Waals surface area contributed by atoms with Gasteiger partial charge in [-0.05, 0) is 49.3 Å². The molecule has 0 spiro atoms. The van der Waals surface area contributed by atoms with Crippen molar-refractivity contribution in [2.75, 3.05) is 6.54 Å². The Balaban J connectivity index is 1.70. The zero-order valence-electron chi connectivity index (χ0n) is 14.1. The summed E-state index contributed by atoms with van der Waals surface area (Å²) in [6.07, 6.45) is 0.0892. The zero-order valence-corrected chi connectivity index (χ0v) is 17.2. The number of carbonyl (C=O) groups excluding carboxylic acids is 1. The summed E-state index contributed by atoms with van der Waals surface area (Å²) in [5, 5.41) is 3.79. The van der Waals surface area contributed by atoms with E-state index >= 15 is 0 Å². The fourth-order valence-corrected chi connectivity index (χ4v) is 2.92. The molecular weight excluding hydrogens is 438 g/mol. The van der Waals surface area contributed by atoms with Crippen molar-refractivity contribution in [2.24, 2.45) is 0 Å². The summed E-state index contributed by atoms with van der Waals surface area (Å²) < 4.78 is 6.40. The Hall–Kier alpha value is -1.83. The molecule has 0 aliphatic heterocycles. The number of benzene rings is 2. The molecule has 2 aromatic rings. The second-order valence-corrected chi connectivity index (χ2v) is 7.17. The van der Waals surface area contributed by atoms with Gasteiger partial charge >= 0.3 is 0 Å². The molecule has 2 rings (SSSR count). The molecule has 5 nitrogen and oxygen atoms in total. The third-order valence-electron chi connectivity index (χ3n) is 3.41. The van der Waals surface area contributed by atoms with Crippen molar-refractivity contribution in [3.63, 3.8) is 0 Å². The van der Waals surface area contributed by atoms with Gasteiger partial charge in [0, 0.05) is 11.0 Å². The minimum absolute atomic E-state index is 0.336. The van der Waals surface area contributed by atoms with Crippen molar-refractivity contribution in [3.8, 4) is 5.75 Å². The number of ether oxygens (including phenoxy) is 1. The normalized spacial score (nSPS) is 11.3. The summed E-state index contributed by atoms with van der Waals surface area (Å²) in [4.78, 5) is 12.1. The van der Waals surface area contributed by atoms with Crippen molar-refractivity contribution in [3.05, 3.63) is 63.6 Å². The quantitative estimate of drug-likeness (QED) is 0.458. The number of hydrogen-bond donors (Lipinski definition) is 3. The molecular formula is C18H19BrClN3O2S. The molecule has 0 heterocycles. The first kappa shape index (κ1) is 20.5. The van der Waals surface area contributed by atoms with Crippen LogP contribution in [0.15, 0.2) is 53.0 Å². The lowest BCUT2D eigenvalue weighted by Gasteiger charge is -2.17. The number of nitrogens with one attached hydrogen (secondary N) is 3. The predicted octanol–water partition coefficient (Wildman–Crippen LogP) is 3.61. The molecule has 0 bridgehead atoms. The van der Waals surface area contributed by atoms with E-state index in [1.54, 1.807) is 25.1 Å². The van der Waals surface area contributed by atoms with Crippen LogP contribution in [0.25, 0.3) is 0 Å². The molecule has 0 fully saturated rings. The van der Waals surface area contributed by atoms with Gasteiger partial charge in [-0.3, -0.25) is 15.6 Å². The number of hydrazine groups is 1. The van der Waals surface area contributed by atoms with Crippen LogP contribution in [0.4, 0.5) is 0 Å². The van der Waals surface area contributed by atoms with Gasteiger partial charge in [-0.25, -0.2) is 0 Å². The third kappa shape index (κ3) is 6.82. The maximum atomic E-state index is 12.1. The van der Waals surface area contributed by atoms with Crippen LogP contribution >= 0.6 is 39.7 Å². The second-order valence-electron chi connectivity index (χ2n) is 5.44. The van der Waals surface area contributed by atoms with Gasteiger partial charge in [-0.15, -0.1) is 0 Å². The van der Waals surface area contributed by atoms with Crippen LogP contribution in [-0.2, 0) is 11.2 Å². The van der Waals surface area contributed by atoms with Gasteiger partial charge in [-0.2, -0.15) is 0 Å². The Bertz CT molecular complexity index is 761. The molecule has 2 aromatic carbocycles. The molecule has 26 heavy (non-hydrogen) atoms. The van der Waals surface area contributed by atoms with Crippen molar-refractivity contribution in [1.82, 2.24) is 16.2 Å². The summed E-state index contributed by atoms with van der Waals surface area (Å²) in [6, 6.07) is 15.2. The van der Waals surface area contributed by atoms with Crippen LogP contribution in [0.5, 0.6) is 5.75 Å². The van der Waals surface area contributed by atoms with Crippen LogP contribution in [0.2, 0.25) is 5.02 Å². The van der Waals surface area contributed by atoms with E-state index in [0.717, 1.165) is 10.9 Å². The van der Waals surface area contributed by atoms with Gasteiger partial charge in [0.1, 0.15) is 5.75 Å². The molecule has 0 unspecified atom stereocenters. The van der Waals surface area contributed by atoms with Gasteiger partial charge < -0.3 is 10.1 Å². The largest absolute Gasteiger partial charge is 0.479 e. The predicted molar refractivity (Wildman–Crippen MR) is 111 cm³/mol. The fourth-order valence-electron chi connectivity index (χ4n) is 2.04. The van der Waals surface area contributed by atoms with Gasteiger partial charge in [0.05, 0.1) is 5.02 Å². The van der Waals surface area contributed by atoms with Crippen LogP contribution in [0.3, 0.4) is 0 Å². The first-order valence-electron chi connectivity index (χ1n) is 7.95. The molecule has 1 amide bonds. The maximum absolute atomic E-state index is 12.1. The Morgan fingerprint density at radius 3 is 2.65 bits per heavy atom. The molecule has 0 radical (unpaired) electrons. The molecule has 138 valence electrons. The van der Waals surface area contributed by atoms with E-state index in [1.807, 2.05) is 30.3 Å². The monoisotopic (exact) mass is 455 g/mol. The van der Waals surface area contributed by atoms with Gasteiger partial charge in [0.15, 0.2) is 11.2 Å². The summed E-state index contributed by atoms with van der Waals surface area (Å²) in [5.41, 5.74) is 6.38. The van der Waals surface area contributed by atoms with Crippen LogP contribution < -0.4 is 20.9 Å². The molecule has 3 N–H and O–H groups in total. The molecule has 1 atom stereocenters. The molecule has 8 heteroatoms. The lowest BCUT2D eigenvalue weighted by atomic mass is 10.1. The standard InChI is InChI=1S/C18H19BrClN3O2S/c1-12(25-16-8-7-14(19)11-15(16)20)17(24)22-23-18(26)21-10-9-13-5-3-2-4-6-13/h2-8,11-12H,9-10H2,1H3,(H,22,24)(H2,21,23,26)/t12-/m1/s1. The lowest BCUT2D eigenvalue weighted by Crippen LogP contribution is -2.50. The average Bonchev–Trinajstić information content (AvgIpc) is 2.63. The topological polar surface area (TPSA) is 62.4 Å². The van der Waals surface area contributed by atoms with Crippen LogP contribution in [-0.4, -0.2) is 23.7 Å². The highest BCUT2D eigenvalue weighted by Crippen LogP contribution is 2.28. The summed E-state index contributed by atoms with van der Waals surface area (Å²) in [7, 11) is 0. The highest BCUT2D eigenvalue weighted by Gasteiger charge is 2.16. The Morgan fingerprint density at radius 1 is 1.23 bits per heavy atom. The van der Waals surface area contributed by atoms with E-state index in [4.69, 9.17) is 28.6 Å². The maximum Gasteiger partial charge on any atom is 0.279 e. The molecule has 0 aliphatic rings. The Labute approximate surface area is 171 Å². The van der Waals surface area contributed by atoms with Crippen molar-refractivity contribution in [2.45, 2.75) is 19.4 Å². The van der Waals surface area contributed by atoms with Crippen molar-refractivity contribution < 1.29 is 9.53 Å². The number of halogens is 2. The third-order valence-corrected chi connectivity index (χ3v) is 4.44. The Kier molecular flexibility index (Phi) is 8.15. The molecule has 0 saturated carbocycles. The lowest BCUT2D eigenvalue weighted by molar-refractivity contribution is -0.127. The highest BCUT2D eigenvalue weighted by atomic mass is 79.9. The van der Waals surface area contributed by atoms with Gasteiger partial charge in [0.25, 0.3) is 5.91 Å². The minimum Gasteiger partial charge on any atom is -0.479 e. The van der Waals surface area contributed by atoms with Crippen LogP contribution in [0, 0.1) is 0 Å². The Morgan fingerprint density at radius 2 is 1.96 bits per heavy atom. The number of rotatable bonds is 6. The smallest absolute Gasteiger partial charge is 0.279 e. The molecule has 0 aliphatic carbocycles. The van der Waals surface area contributed by atoms with E-state index < -0.39 is 6.10 Å². The van der Waals surface area contributed by atoms with Gasteiger partial charge in [-0.1, -0.05) is 57.9 Å². The second kappa shape index (κ2) is 10.4. The first-order chi connectivity index (χ1) is 12.5. The van der Waals surface area contributed by atoms with Gasteiger partial charge in [0.2, 0.25) is 0 Å². The van der Waals surface area contributed by atoms with E-state index in [2.05, 4.69) is 32.1 Å².